The first-order valence-electron chi connectivity index (χ1n) is 5.62. The Hall–Kier alpha value is -1.26. The average Bonchev–Trinajstić information content (AvgIpc) is 2.24. The van der Waals surface area contributed by atoms with Gasteiger partial charge in [0.05, 0.1) is 13.2 Å². The number of rotatable bonds is 7. The lowest BCUT2D eigenvalue weighted by molar-refractivity contribution is -0.143. The van der Waals surface area contributed by atoms with Crippen LogP contribution >= 0.6 is 0 Å². The van der Waals surface area contributed by atoms with Crippen LogP contribution in [0.1, 0.15) is 33.6 Å². The van der Waals surface area contributed by atoms with Crippen molar-refractivity contribution in [3.63, 3.8) is 0 Å². The summed E-state index contributed by atoms with van der Waals surface area (Å²) in [6, 6.07) is 0. The number of esters is 1. The second-order valence-electron chi connectivity index (χ2n) is 3.92. The fourth-order valence-corrected chi connectivity index (χ4v) is 0.815. The quantitative estimate of drug-likeness (QED) is 0.535. The van der Waals surface area contributed by atoms with Crippen LogP contribution in [0.3, 0.4) is 0 Å². The fraction of sp³-hybridized carbons (Fsp3) is 0.818. The van der Waals surface area contributed by atoms with Gasteiger partial charge >= 0.3 is 12.1 Å². The maximum absolute atomic E-state index is 11.1. The van der Waals surface area contributed by atoms with Gasteiger partial charge in [0.1, 0.15) is 6.54 Å². The molecule has 0 atom stereocenters. The van der Waals surface area contributed by atoms with Crippen molar-refractivity contribution in [3.8, 4) is 0 Å². The van der Waals surface area contributed by atoms with E-state index >= 15 is 0 Å². The summed E-state index contributed by atoms with van der Waals surface area (Å²) in [5.74, 6) is -0.151. The average molecular weight is 231 g/mol. The summed E-state index contributed by atoms with van der Waals surface area (Å²) in [6.45, 7) is 6.50. The first kappa shape index (κ1) is 14.7. The molecular formula is C11H21NO4. The van der Waals surface area contributed by atoms with Gasteiger partial charge in [-0.25, -0.2) is 4.79 Å². The smallest absolute Gasteiger partial charge is 0.407 e. The SMILES string of the molecule is CCCCOC(=O)NCC(=O)OCC(C)C. The standard InChI is InChI=1S/C11H21NO4/c1-4-5-6-15-11(14)12-7-10(13)16-8-9(2)3/h9H,4-8H2,1-3H3,(H,12,14). The van der Waals surface area contributed by atoms with E-state index in [2.05, 4.69) is 5.32 Å². The van der Waals surface area contributed by atoms with E-state index in [9.17, 15) is 9.59 Å². The molecule has 0 aliphatic heterocycles. The first-order chi connectivity index (χ1) is 7.56. The van der Waals surface area contributed by atoms with Crippen molar-refractivity contribution in [3.05, 3.63) is 0 Å². The number of ether oxygens (including phenoxy) is 2. The third-order valence-electron chi connectivity index (χ3n) is 1.69. The summed E-state index contributed by atoms with van der Waals surface area (Å²) in [6.07, 6.45) is 1.21. The molecule has 0 fully saturated rings. The van der Waals surface area contributed by atoms with E-state index < -0.39 is 12.1 Å². The molecule has 16 heavy (non-hydrogen) atoms. The molecule has 0 rings (SSSR count). The highest BCUT2D eigenvalue weighted by atomic mass is 16.6. The summed E-state index contributed by atoms with van der Waals surface area (Å²) >= 11 is 0. The minimum atomic E-state index is -0.574. The molecule has 0 radical (unpaired) electrons. The molecule has 5 nitrogen and oxygen atoms in total. The van der Waals surface area contributed by atoms with Gasteiger partial charge in [0.15, 0.2) is 0 Å². The molecule has 0 saturated heterocycles. The van der Waals surface area contributed by atoms with Crippen molar-refractivity contribution >= 4 is 12.1 Å². The molecule has 94 valence electrons. The Balaban J connectivity index is 3.47. The Morgan fingerprint density at radius 3 is 2.50 bits per heavy atom. The van der Waals surface area contributed by atoms with Crippen LogP contribution in [0.5, 0.6) is 0 Å². The van der Waals surface area contributed by atoms with Crippen LogP contribution in [0, 0.1) is 5.92 Å². The van der Waals surface area contributed by atoms with E-state index in [1.807, 2.05) is 20.8 Å². The van der Waals surface area contributed by atoms with E-state index in [1.54, 1.807) is 0 Å². The van der Waals surface area contributed by atoms with Crippen LogP contribution in [0.15, 0.2) is 0 Å². The van der Waals surface area contributed by atoms with Crippen molar-refractivity contribution in [2.24, 2.45) is 5.92 Å². The number of unbranched alkanes of at least 4 members (excludes halogenated alkanes) is 1. The van der Waals surface area contributed by atoms with Gasteiger partial charge in [-0.2, -0.15) is 0 Å². The van der Waals surface area contributed by atoms with Crippen molar-refractivity contribution in [2.45, 2.75) is 33.6 Å². The number of carbonyl (C=O) groups is 2. The van der Waals surface area contributed by atoms with Crippen LogP contribution in [-0.4, -0.2) is 31.8 Å². The second-order valence-corrected chi connectivity index (χ2v) is 3.92. The molecule has 5 heteroatoms. The largest absolute Gasteiger partial charge is 0.464 e. The maximum atomic E-state index is 11.1. The Kier molecular flexibility index (Phi) is 8.29. The van der Waals surface area contributed by atoms with Crippen molar-refractivity contribution in [1.82, 2.24) is 5.32 Å². The molecule has 0 spiro atoms. The van der Waals surface area contributed by atoms with Gasteiger partial charge in [0.2, 0.25) is 0 Å². The topological polar surface area (TPSA) is 64.6 Å². The Morgan fingerprint density at radius 1 is 1.25 bits per heavy atom. The number of alkyl carbamates (subject to hydrolysis) is 1. The van der Waals surface area contributed by atoms with Crippen molar-refractivity contribution < 1.29 is 19.1 Å². The molecule has 0 aliphatic carbocycles. The molecule has 0 heterocycles. The van der Waals surface area contributed by atoms with Crippen LogP contribution in [-0.2, 0) is 14.3 Å². The molecule has 0 aromatic heterocycles. The van der Waals surface area contributed by atoms with E-state index in [0.717, 1.165) is 12.8 Å². The summed E-state index contributed by atoms with van der Waals surface area (Å²) in [7, 11) is 0. The zero-order valence-corrected chi connectivity index (χ0v) is 10.2. The van der Waals surface area contributed by atoms with E-state index in [1.165, 1.54) is 0 Å². The van der Waals surface area contributed by atoms with Crippen LogP contribution in [0.2, 0.25) is 0 Å². The highest BCUT2D eigenvalue weighted by Gasteiger charge is 2.07. The molecular weight excluding hydrogens is 210 g/mol. The molecule has 0 aromatic carbocycles. The van der Waals surface area contributed by atoms with Crippen molar-refractivity contribution in [1.29, 1.82) is 0 Å². The molecule has 0 saturated carbocycles. The van der Waals surface area contributed by atoms with Gasteiger partial charge < -0.3 is 14.8 Å². The van der Waals surface area contributed by atoms with Gasteiger partial charge in [-0.05, 0) is 12.3 Å². The predicted molar refractivity (Wildman–Crippen MR) is 60.1 cm³/mol. The van der Waals surface area contributed by atoms with E-state index in [4.69, 9.17) is 9.47 Å². The molecule has 0 aromatic rings. The molecule has 0 bridgehead atoms. The number of hydrogen-bond donors (Lipinski definition) is 1. The van der Waals surface area contributed by atoms with Gasteiger partial charge in [-0.1, -0.05) is 27.2 Å². The number of amides is 1. The number of hydrogen-bond acceptors (Lipinski definition) is 4. The molecule has 1 amide bonds. The summed E-state index contributed by atoms with van der Waals surface area (Å²) in [5.41, 5.74) is 0. The maximum Gasteiger partial charge on any atom is 0.407 e. The molecule has 0 aliphatic rings. The zero-order chi connectivity index (χ0) is 12.4. The fourth-order valence-electron chi connectivity index (χ4n) is 0.815. The Bertz CT molecular complexity index is 216. The monoisotopic (exact) mass is 231 g/mol. The highest BCUT2D eigenvalue weighted by molar-refractivity contribution is 5.77. The van der Waals surface area contributed by atoms with Crippen LogP contribution in [0.25, 0.3) is 0 Å². The van der Waals surface area contributed by atoms with Gasteiger partial charge in [0.25, 0.3) is 0 Å². The minimum Gasteiger partial charge on any atom is -0.464 e. The lowest BCUT2D eigenvalue weighted by atomic mass is 10.2. The molecule has 1 N–H and O–H groups in total. The third-order valence-corrected chi connectivity index (χ3v) is 1.69. The highest BCUT2D eigenvalue weighted by Crippen LogP contribution is 1.92. The first-order valence-corrected chi connectivity index (χ1v) is 5.62. The summed E-state index contributed by atoms with van der Waals surface area (Å²) in [5, 5.41) is 2.33. The summed E-state index contributed by atoms with van der Waals surface area (Å²) < 4.78 is 9.67. The lowest BCUT2D eigenvalue weighted by Gasteiger charge is -2.08. The van der Waals surface area contributed by atoms with E-state index in [-0.39, 0.29) is 6.54 Å². The Morgan fingerprint density at radius 2 is 1.94 bits per heavy atom. The summed E-state index contributed by atoms with van der Waals surface area (Å²) in [4.78, 5) is 22.1. The second kappa shape index (κ2) is 9.00. The van der Waals surface area contributed by atoms with Crippen LogP contribution in [0.4, 0.5) is 4.79 Å². The lowest BCUT2D eigenvalue weighted by Crippen LogP contribution is -2.31. The van der Waals surface area contributed by atoms with Gasteiger partial charge in [-0.15, -0.1) is 0 Å². The number of carbonyl (C=O) groups excluding carboxylic acids is 2. The van der Waals surface area contributed by atoms with Gasteiger partial charge in [0, 0.05) is 0 Å². The van der Waals surface area contributed by atoms with Crippen LogP contribution < -0.4 is 5.32 Å². The zero-order valence-electron chi connectivity index (χ0n) is 10.2. The Labute approximate surface area is 96.5 Å². The third kappa shape index (κ3) is 9.30. The van der Waals surface area contributed by atoms with Crippen molar-refractivity contribution in [2.75, 3.05) is 19.8 Å². The normalized spacial score (nSPS) is 10.0. The predicted octanol–water partition coefficient (Wildman–Crippen LogP) is 1.71. The number of nitrogens with one attached hydrogen (secondary N) is 1. The van der Waals surface area contributed by atoms with Gasteiger partial charge in [-0.3, -0.25) is 4.79 Å². The van der Waals surface area contributed by atoms with E-state index in [0.29, 0.717) is 19.1 Å². The minimum absolute atomic E-state index is 0.141. The molecule has 0 unspecified atom stereocenters.